The minimum absolute atomic E-state index is 0.0234. The van der Waals surface area contributed by atoms with Gasteiger partial charge in [-0.2, -0.15) is 13.2 Å². The van der Waals surface area contributed by atoms with Crippen LogP contribution >= 0.6 is 22.7 Å². The second kappa shape index (κ2) is 8.71. The second-order valence-electron chi connectivity index (χ2n) is 6.75. The van der Waals surface area contributed by atoms with Crippen LogP contribution in [0.2, 0.25) is 0 Å². The third-order valence-corrected chi connectivity index (χ3v) is 6.27. The minimum atomic E-state index is -4.53. The summed E-state index contributed by atoms with van der Waals surface area (Å²) in [6.07, 6.45) is -1.21. The Kier molecular flexibility index (Phi) is 5.95. The summed E-state index contributed by atoms with van der Waals surface area (Å²) in [6.45, 7) is 1.25. The maximum absolute atomic E-state index is 13.1. The lowest BCUT2D eigenvalue weighted by atomic mass is 10.2. The van der Waals surface area contributed by atoms with Crippen LogP contribution in [-0.2, 0) is 11.0 Å². The molecule has 12 heteroatoms. The van der Waals surface area contributed by atoms with E-state index in [0.29, 0.717) is 20.9 Å². The number of fused-ring (bicyclic) bond motifs is 1. The molecule has 0 saturated carbocycles. The molecule has 0 bridgehead atoms. The predicted octanol–water partition coefficient (Wildman–Crippen LogP) is 6.53. The number of rotatable bonds is 5. The van der Waals surface area contributed by atoms with Crippen molar-refractivity contribution in [2.45, 2.75) is 13.1 Å². The van der Waals surface area contributed by atoms with Gasteiger partial charge in [0.2, 0.25) is 5.91 Å². The predicted molar refractivity (Wildman–Crippen MR) is 122 cm³/mol. The third kappa shape index (κ3) is 4.91. The largest absolute Gasteiger partial charge is 0.416 e. The van der Waals surface area contributed by atoms with Crippen LogP contribution in [0.4, 0.5) is 29.7 Å². The SMILES string of the molecule is CC(=O)N(c1cccc(C(F)(F)F)c1)c1nc(/C=C/c2nc3ccc([N+](=O)[O-])cc3s2)cs1. The zero-order chi connectivity index (χ0) is 23.8. The summed E-state index contributed by atoms with van der Waals surface area (Å²) in [5, 5.41) is 13.4. The van der Waals surface area contributed by atoms with Gasteiger partial charge in [-0.25, -0.2) is 9.97 Å². The number of alkyl halides is 3. The van der Waals surface area contributed by atoms with Gasteiger partial charge in [-0.3, -0.25) is 19.8 Å². The number of halogens is 3. The van der Waals surface area contributed by atoms with Gasteiger partial charge in [0.05, 0.1) is 32.1 Å². The average Bonchev–Trinajstić information content (AvgIpc) is 3.37. The summed E-state index contributed by atoms with van der Waals surface area (Å²) in [7, 11) is 0. The van der Waals surface area contributed by atoms with Crippen molar-refractivity contribution in [3.8, 4) is 0 Å². The van der Waals surface area contributed by atoms with Crippen molar-refractivity contribution in [2.75, 3.05) is 4.90 Å². The molecule has 0 aliphatic rings. The van der Waals surface area contributed by atoms with Crippen molar-refractivity contribution in [1.29, 1.82) is 0 Å². The molecule has 0 N–H and O–H groups in total. The van der Waals surface area contributed by atoms with Gasteiger partial charge < -0.3 is 0 Å². The highest BCUT2D eigenvalue weighted by atomic mass is 32.1. The molecule has 0 spiro atoms. The van der Waals surface area contributed by atoms with E-state index in [-0.39, 0.29) is 16.5 Å². The van der Waals surface area contributed by atoms with E-state index in [1.54, 1.807) is 23.6 Å². The molecule has 1 amide bonds. The Morgan fingerprint density at radius 3 is 2.64 bits per heavy atom. The maximum atomic E-state index is 13.1. The van der Waals surface area contributed by atoms with E-state index in [0.717, 1.165) is 28.4 Å². The number of nitro benzene ring substituents is 1. The molecule has 2 heterocycles. The molecule has 0 saturated heterocycles. The topological polar surface area (TPSA) is 89.2 Å². The van der Waals surface area contributed by atoms with Gasteiger partial charge >= 0.3 is 6.18 Å². The molecule has 2 aromatic heterocycles. The number of non-ortho nitro benzene ring substituents is 1. The first-order valence-corrected chi connectivity index (χ1v) is 11.0. The zero-order valence-corrected chi connectivity index (χ0v) is 18.4. The van der Waals surface area contributed by atoms with Gasteiger partial charge in [0.25, 0.3) is 5.69 Å². The Morgan fingerprint density at radius 1 is 1.15 bits per heavy atom. The first-order valence-electron chi connectivity index (χ1n) is 9.28. The molecular formula is C21H13F3N4O3S2. The van der Waals surface area contributed by atoms with Gasteiger partial charge in [0.1, 0.15) is 5.01 Å². The lowest BCUT2D eigenvalue weighted by Crippen LogP contribution is -2.23. The van der Waals surface area contributed by atoms with Crippen LogP contribution in [-0.4, -0.2) is 20.8 Å². The van der Waals surface area contributed by atoms with Gasteiger partial charge in [-0.15, -0.1) is 22.7 Å². The molecule has 4 rings (SSSR count). The number of nitro groups is 1. The van der Waals surface area contributed by atoms with Crippen molar-refractivity contribution in [2.24, 2.45) is 0 Å². The van der Waals surface area contributed by atoms with Crippen molar-refractivity contribution >= 4 is 67.5 Å². The molecule has 168 valence electrons. The molecule has 0 atom stereocenters. The minimum Gasteiger partial charge on any atom is -0.274 e. The van der Waals surface area contributed by atoms with E-state index in [2.05, 4.69) is 9.97 Å². The highest BCUT2D eigenvalue weighted by Gasteiger charge is 2.31. The number of hydrogen-bond acceptors (Lipinski definition) is 7. The van der Waals surface area contributed by atoms with Crippen LogP contribution in [0, 0.1) is 10.1 Å². The van der Waals surface area contributed by atoms with E-state index >= 15 is 0 Å². The van der Waals surface area contributed by atoms with Gasteiger partial charge in [0, 0.05) is 24.4 Å². The van der Waals surface area contributed by atoms with Crippen molar-refractivity contribution in [3.63, 3.8) is 0 Å². The maximum Gasteiger partial charge on any atom is 0.416 e. The van der Waals surface area contributed by atoms with Gasteiger partial charge in [-0.05, 0) is 36.4 Å². The van der Waals surface area contributed by atoms with E-state index in [4.69, 9.17) is 0 Å². The zero-order valence-electron chi connectivity index (χ0n) is 16.7. The van der Waals surface area contributed by atoms with Crippen LogP contribution in [0.3, 0.4) is 0 Å². The first kappa shape index (κ1) is 22.6. The fourth-order valence-corrected chi connectivity index (χ4v) is 4.73. The van der Waals surface area contributed by atoms with Crippen molar-refractivity contribution < 1.29 is 22.9 Å². The molecule has 0 unspecified atom stereocenters. The number of benzene rings is 2. The standard InChI is InChI=1S/C21H13F3N4O3S2/c1-12(29)27(15-4-2-3-13(9-15)21(22,23)24)20-25-14(11-32-20)5-8-19-26-17-7-6-16(28(30)31)10-18(17)33-19/h2-11H,1H3/b8-5+. The van der Waals surface area contributed by atoms with E-state index in [1.165, 1.54) is 42.5 Å². The molecule has 2 aromatic carbocycles. The summed E-state index contributed by atoms with van der Waals surface area (Å²) in [5.74, 6) is -0.480. The number of carbonyl (C=O) groups excluding carboxylic acids is 1. The molecule has 0 radical (unpaired) electrons. The number of hydrogen-bond donors (Lipinski definition) is 0. The Morgan fingerprint density at radius 2 is 1.94 bits per heavy atom. The van der Waals surface area contributed by atoms with Crippen LogP contribution in [0.15, 0.2) is 47.8 Å². The number of anilines is 2. The number of thiazole rings is 2. The Bertz CT molecular complexity index is 1390. The van der Waals surface area contributed by atoms with Gasteiger partial charge in [0.15, 0.2) is 5.13 Å². The Hall–Kier alpha value is -3.64. The quantitative estimate of drug-likeness (QED) is 0.234. The fraction of sp³-hybridized carbons (Fsp3) is 0.0952. The number of nitrogens with zero attached hydrogens (tertiary/aromatic N) is 4. The monoisotopic (exact) mass is 490 g/mol. The molecule has 33 heavy (non-hydrogen) atoms. The smallest absolute Gasteiger partial charge is 0.274 e. The Labute approximate surface area is 192 Å². The van der Waals surface area contributed by atoms with Gasteiger partial charge in [-0.1, -0.05) is 6.07 Å². The lowest BCUT2D eigenvalue weighted by molar-refractivity contribution is -0.384. The summed E-state index contributed by atoms with van der Waals surface area (Å²) >= 11 is 2.38. The van der Waals surface area contributed by atoms with Crippen LogP contribution in [0.25, 0.3) is 22.4 Å². The molecular weight excluding hydrogens is 477 g/mol. The lowest BCUT2D eigenvalue weighted by Gasteiger charge is -2.19. The normalized spacial score (nSPS) is 11.9. The van der Waals surface area contributed by atoms with E-state index in [1.807, 2.05) is 0 Å². The second-order valence-corrected chi connectivity index (χ2v) is 8.65. The summed E-state index contributed by atoms with van der Waals surface area (Å²) in [5.41, 5.74) is 0.286. The number of aromatic nitrogens is 2. The highest BCUT2D eigenvalue weighted by Crippen LogP contribution is 2.35. The average molecular weight is 490 g/mol. The third-order valence-electron chi connectivity index (χ3n) is 4.44. The fourth-order valence-electron chi connectivity index (χ4n) is 2.98. The summed E-state index contributed by atoms with van der Waals surface area (Å²) in [6, 6.07) is 8.89. The van der Waals surface area contributed by atoms with Crippen LogP contribution < -0.4 is 4.90 Å². The van der Waals surface area contributed by atoms with Crippen LogP contribution in [0.1, 0.15) is 23.2 Å². The molecule has 0 aliphatic carbocycles. The number of carbonyl (C=O) groups is 1. The van der Waals surface area contributed by atoms with E-state index < -0.39 is 22.6 Å². The summed E-state index contributed by atoms with van der Waals surface area (Å²) in [4.78, 5) is 32.5. The van der Waals surface area contributed by atoms with Crippen molar-refractivity contribution in [3.05, 3.63) is 74.2 Å². The molecule has 7 nitrogen and oxygen atoms in total. The van der Waals surface area contributed by atoms with Crippen LogP contribution in [0.5, 0.6) is 0 Å². The molecule has 0 fully saturated rings. The van der Waals surface area contributed by atoms with E-state index in [9.17, 15) is 28.1 Å². The first-order chi connectivity index (χ1) is 15.6. The van der Waals surface area contributed by atoms with Crippen molar-refractivity contribution in [1.82, 2.24) is 9.97 Å². The Balaban J connectivity index is 1.60. The summed E-state index contributed by atoms with van der Waals surface area (Å²) < 4.78 is 39.9. The number of amides is 1. The molecule has 4 aromatic rings. The highest BCUT2D eigenvalue weighted by molar-refractivity contribution is 7.19. The molecule has 0 aliphatic heterocycles.